The van der Waals surface area contributed by atoms with Crippen molar-refractivity contribution in [2.75, 3.05) is 49.9 Å². The number of carbonyl (C=O) groups is 1. The molecule has 1 amide bonds. The van der Waals surface area contributed by atoms with E-state index in [9.17, 15) is 14.4 Å². The van der Waals surface area contributed by atoms with E-state index >= 15 is 0 Å². The smallest absolute Gasteiger partial charge is 0.410 e. The summed E-state index contributed by atoms with van der Waals surface area (Å²) in [4.78, 5) is 24.4. The fourth-order valence-corrected chi connectivity index (χ4v) is 4.43. The van der Waals surface area contributed by atoms with E-state index in [2.05, 4.69) is 25.5 Å². The number of hydrogen-bond donors (Lipinski definition) is 2. The Morgan fingerprint density at radius 3 is 2.62 bits per heavy atom. The van der Waals surface area contributed by atoms with Crippen LogP contribution in [0.4, 0.5) is 26.4 Å². The van der Waals surface area contributed by atoms with Gasteiger partial charge in [0.25, 0.3) is 0 Å². The normalized spacial score (nSPS) is 16.5. The molecule has 1 aromatic heterocycles. The number of nitrogens with zero attached hydrogens (tertiary/aromatic N) is 5. The number of hydrogen-bond acceptors (Lipinski definition) is 9. The van der Waals surface area contributed by atoms with E-state index in [1.807, 2.05) is 19.9 Å². The highest BCUT2D eigenvalue weighted by Gasteiger charge is 2.26. The van der Waals surface area contributed by atoms with Crippen molar-refractivity contribution in [1.82, 2.24) is 19.8 Å². The molecule has 0 radical (unpaired) electrons. The zero-order chi connectivity index (χ0) is 26.2. The minimum absolute atomic E-state index is 0.0847. The molecule has 2 aliphatic rings. The monoisotopic (exact) mass is 511 g/mol. The zero-order valence-electron chi connectivity index (χ0n) is 21.4. The lowest BCUT2D eigenvalue weighted by molar-refractivity contribution is 0.0507. The minimum Gasteiger partial charge on any atom is -0.474 e. The van der Waals surface area contributed by atoms with E-state index in [1.54, 1.807) is 23.1 Å². The van der Waals surface area contributed by atoms with Crippen molar-refractivity contribution in [2.45, 2.75) is 51.7 Å². The number of piperidine rings is 1. The Morgan fingerprint density at radius 2 is 1.95 bits per heavy atom. The summed E-state index contributed by atoms with van der Waals surface area (Å²) in [5.74, 6) is -0.0454. The molecule has 0 aliphatic carbocycles. The molecule has 0 spiro atoms. The van der Waals surface area contributed by atoms with Gasteiger partial charge in [0, 0.05) is 50.8 Å². The van der Waals surface area contributed by atoms with Crippen molar-refractivity contribution in [3.05, 3.63) is 35.9 Å². The molecule has 3 heterocycles. The van der Waals surface area contributed by atoms with E-state index in [0.717, 1.165) is 26.2 Å². The fourth-order valence-electron chi connectivity index (χ4n) is 4.43. The Balaban J connectivity index is 1.33. The molecule has 4 rings (SSSR count). The summed E-state index contributed by atoms with van der Waals surface area (Å²) in [6.45, 7) is 8.57. The highest BCUT2D eigenvalue weighted by Crippen LogP contribution is 2.25. The zero-order valence-corrected chi connectivity index (χ0v) is 21.4. The van der Waals surface area contributed by atoms with Crippen LogP contribution < -0.4 is 15.4 Å². The van der Waals surface area contributed by atoms with Crippen LogP contribution in [0.15, 0.2) is 24.3 Å². The van der Waals surface area contributed by atoms with Gasteiger partial charge in [-0.15, -0.1) is 0 Å². The van der Waals surface area contributed by atoms with Gasteiger partial charge < -0.3 is 29.9 Å². The first kappa shape index (κ1) is 26.4. The average Bonchev–Trinajstić information content (AvgIpc) is 3.39. The van der Waals surface area contributed by atoms with Crippen LogP contribution >= 0.6 is 0 Å². The molecule has 0 atom stereocenters. The number of aromatic nitrogens is 2. The summed E-state index contributed by atoms with van der Waals surface area (Å²) < 4.78 is 26.0. The van der Waals surface area contributed by atoms with Crippen LogP contribution in [0.3, 0.4) is 0 Å². The molecule has 1 aromatic carbocycles. The van der Waals surface area contributed by atoms with Crippen molar-refractivity contribution in [3.63, 3.8) is 0 Å². The van der Waals surface area contributed by atoms with Gasteiger partial charge in [0.2, 0.25) is 11.7 Å². The van der Waals surface area contributed by atoms with Crippen molar-refractivity contribution < 1.29 is 18.7 Å². The van der Waals surface area contributed by atoms with Gasteiger partial charge in [0.15, 0.2) is 0 Å². The summed E-state index contributed by atoms with van der Waals surface area (Å²) in [7, 11) is 0. The molecule has 2 fully saturated rings. The molecule has 2 N–H and O–H groups in total. The Bertz CT molecular complexity index is 1110. The number of halogens is 1. The third-order valence-electron chi connectivity index (χ3n) is 6.31. The van der Waals surface area contributed by atoms with Gasteiger partial charge in [0.05, 0.1) is 11.8 Å². The van der Waals surface area contributed by atoms with Crippen LogP contribution in [-0.2, 0) is 4.74 Å². The molecule has 2 aromatic rings. The predicted molar refractivity (Wildman–Crippen MR) is 137 cm³/mol. The molecule has 10 nitrogen and oxygen atoms in total. The van der Waals surface area contributed by atoms with Crippen molar-refractivity contribution in [3.8, 4) is 11.9 Å². The second-order valence-electron chi connectivity index (χ2n) is 9.56. The fraction of sp³-hybridized carbons (Fsp3) is 0.538. The van der Waals surface area contributed by atoms with Crippen molar-refractivity contribution >= 4 is 23.3 Å². The van der Waals surface area contributed by atoms with Crippen molar-refractivity contribution in [2.24, 2.45) is 0 Å². The Hall–Kier alpha value is -3.65. The maximum absolute atomic E-state index is 14.8. The summed E-state index contributed by atoms with van der Waals surface area (Å²) >= 11 is 0. The van der Waals surface area contributed by atoms with Gasteiger partial charge in [0.1, 0.15) is 23.8 Å². The van der Waals surface area contributed by atoms with Gasteiger partial charge in [-0.05, 0) is 58.0 Å². The summed E-state index contributed by atoms with van der Waals surface area (Å²) in [5, 5.41) is 15.6. The lowest BCUT2D eigenvalue weighted by Crippen LogP contribution is -2.42. The van der Waals surface area contributed by atoms with E-state index in [1.165, 1.54) is 18.9 Å². The minimum atomic E-state index is -0.439. The van der Waals surface area contributed by atoms with Crippen LogP contribution in [0, 0.1) is 17.1 Å². The Labute approximate surface area is 216 Å². The number of nitriles is 1. The molecule has 0 saturated carbocycles. The summed E-state index contributed by atoms with van der Waals surface area (Å²) in [5.41, 5.74) is 0.936. The number of carbonyl (C=O) groups excluding carboxylic acids is 1. The topological polar surface area (TPSA) is 116 Å². The third kappa shape index (κ3) is 7.67. The second kappa shape index (κ2) is 12.5. The van der Waals surface area contributed by atoms with Gasteiger partial charge in [-0.2, -0.15) is 10.2 Å². The SMILES string of the molecule is CC(C)OC(=O)N1CCC(Oc2cc(Nc3ccc(NCCN4CCCC4)cc3F)nc(C#N)n2)CC1. The quantitative estimate of drug-likeness (QED) is 0.513. The first-order chi connectivity index (χ1) is 17.9. The van der Waals surface area contributed by atoms with E-state index in [4.69, 9.17) is 9.47 Å². The molecule has 11 heteroatoms. The molecule has 2 aliphatic heterocycles. The van der Waals surface area contributed by atoms with E-state index < -0.39 is 5.82 Å². The molecule has 0 bridgehead atoms. The van der Waals surface area contributed by atoms with Crippen LogP contribution in [0.2, 0.25) is 0 Å². The molecular weight excluding hydrogens is 477 g/mol. The number of benzene rings is 1. The van der Waals surface area contributed by atoms with E-state index in [-0.39, 0.29) is 41.5 Å². The van der Waals surface area contributed by atoms with Gasteiger partial charge in [-0.25, -0.2) is 14.2 Å². The van der Waals surface area contributed by atoms with Crippen LogP contribution in [0.5, 0.6) is 5.88 Å². The third-order valence-corrected chi connectivity index (χ3v) is 6.31. The number of rotatable bonds is 9. The number of amides is 1. The van der Waals surface area contributed by atoms with Gasteiger partial charge in [-0.3, -0.25) is 0 Å². The van der Waals surface area contributed by atoms with Crippen LogP contribution in [0.25, 0.3) is 0 Å². The molecule has 198 valence electrons. The molecule has 2 saturated heterocycles. The predicted octanol–water partition coefficient (Wildman–Crippen LogP) is 4.13. The second-order valence-corrected chi connectivity index (χ2v) is 9.56. The maximum atomic E-state index is 14.8. The van der Waals surface area contributed by atoms with Gasteiger partial charge in [-0.1, -0.05) is 0 Å². The number of ether oxygens (including phenoxy) is 2. The highest BCUT2D eigenvalue weighted by atomic mass is 19.1. The Morgan fingerprint density at radius 1 is 1.19 bits per heavy atom. The lowest BCUT2D eigenvalue weighted by Gasteiger charge is -2.31. The average molecular weight is 512 g/mol. The van der Waals surface area contributed by atoms with E-state index in [0.29, 0.717) is 31.6 Å². The largest absolute Gasteiger partial charge is 0.474 e. The summed E-state index contributed by atoms with van der Waals surface area (Å²) in [6.07, 6.45) is 3.00. The number of anilines is 3. The summed E-state index contributed by atoms with van der Waals surface area (Å²) in [6, 6.07) is 8.34. The molecule has 37 heavy (non-hydrogen) atoms. The van der Waals surface area contributed by atoms with Crippen LogP contribution in [-0.4, -0.2) is 77.3 Å². The number of likely N-dealkylation sites (tertiary alicyclic amines) is 2. The number of nitrogens with one attached hydrogen (secondary N) is 2. The van der Waals surface area contributed by atoms with Crippen molar-refractivity contribution in [1.29, 1.82) is 5.26 Å². The Kier molecular flexibility index (Phi) is 8.95. The maximum Gasteiger partial charge on any atom is 0.410 e. The highest BCUT2D eigenvalue weighted by molar-refractivity contribution is 5.68. The first-order valence-corrected chi connectivity index (χ1v) is 12.8. The lowest BCUT2D eigenvalue weighted by atomic mass is 10.1. The van der Waals surface area contributed by atoms with Gasteiger partial charge >= 0.3 is 6.09 Å². The first-order valence-electron chi connectivity index (χ1n) is 12.8. The standard InChI is InChI=1S/C26H34FN7O3/c1-18(2)36-26(35)34-12-7-20(8-13-34)37-25-16-23(31-24(17-28)32-25)30-22-6-5-19(15-21(22)27)29-9-14-33-10-3-4-11-33/h5-6,15-16,18,20,29H,3-4,7-14H2,1-2H3,(H,30,31,32). The molecular formula is C26H34FN7O3. The van der Waals surface area contributed by atoms with Crippen LogP contribution in [0.1, 0.15) is 45.4 Å². The molecule has 0 unspecified atom stereocenters.